The molecule has 110 valence electrons. The molecule has 1 rings (SSSR count). The van der Waals surface area contributed by atoms with E-state index in [0.29, 0.717) is 12.1 Å². The molecular formula is C14H27N3S2. The topological polar surface area (TPSA) is 28.2 Å². The summed E-state index contributed by atoms with van der Waals surface area (Å²) >= 11 is 3.73. The lowest BCUT2D eigenvalue weighted by molar-refractivity contribution is 0.603. The lowest BCUT2D eigenvalue weighted by atomic mass is 10.2. The van der Waals surface area contributed by atoms with Crippen LogP contribution in [-0.2, 0) is 0 Å². The van der Waals surface area contributed by atoms with E-state index in [1.807, 2.05) is 23.1 Å². The van der Waals surface area contributed by atoms with E-state index >= 15 is 0 Å². The molecule has 0 aliphatic rings. The monoisotopic (exact) mass is 301 g/mol. The number of thioether (sulfide) groups is 1. The maximum absolute atomic E-state index is 4.76. The summed E-state index contributed by atoms with van der Waals surface area (Å²) in [6.45, 7) is 9.72. The summed E-state index contributed by atoms with van der Waals surface area (Å²) < 4.78 is 0. The molecule has 1 aromatic heterocycles. The highest BCUT2D eigenvalue weighted by Gasteiger charge is 2.19. The Balaban J connectivity index is 2.87. The Labute approximate surface area is 126 Å². The van der Waals surface area contributed by atoms with Crippen LogP contribution in [0.4, 0.5) is 5.13 Å². The Kier molecular flexibility index (Phi) is 7.18. The van der Waals surface area contributed by atoms with Crippen LogP contribution in [0.2, 0.25) is 0 Å². The maximum Gasteiger partial charge on any atom is 0.185 e. The van der Waals surface area contributed by atoms with E-state index in [1.54, 1.807) is 0 Å². The van der Waals surface area contributed by atoms with Crippen LogP contribution in [-0.4, -0.2) is 36.6 Å². The molecule has 0 amide bonds. The normalized spacial score (nSPS) is 14.4. The van der Waals surface area contributed by atoms with E-state index in [-0.39, 0.29) is 0 Å². The molecule has 0 bridgehead atoms. The van der Waals surface area contributed by atoms with Crippen LogP contribution >= 0.6 is 23.1 Å². The van der Waals surface area contributed by atoms with Crippen LogP contribution in [0.3, 0.4) is 0 Å². The molecule has 2 unspecified atom stereocenters. The van der Waals surface area contributed by atoms with Gasteiger partial charge in [0.1, 0.15) is 0 Å². The zero-order valence-corrected chi connectivity index (χ0v) is 14.6. The number of anilines is 1. The quantitative estimate of drug-likeness (QED) is 0.792. The van der Waals surface area contributed by atoms with Crippen molar-refractivity contribution in [2.24, 2.45) is 0 Å². The van der Waals surface area contributed by atoms with Crippen LogP contribution in [0.15, 0.2) is 0 Å². The van der Waals surface area contributed by atoms with Gasteiger partial charge in [0, 0.05) is 29.8 Å². The Bertz CT molecular complexity index is 379. The Hall–Kier alpha value is -0.260. The smallest absolute Gasteiger partial charge is 0.185 e. The molecule has 2 atom stereocenters. The molecular weight excluding hydrogens is 274 g/mol. The molecule has 1 heterocycles. The Morgan fingerprint density at radius 1 is 1.42 bits per heavy atom. The second-order valence-electron chi connectivity index (χ2n) is 4.85. The van der Waals surface area contributed by atoms with Gasteiger partial charge in [-0.3, -0.25) is 0 Å². The largest absolute Gasteiger partial charge is 0.347 e. The third-order valence-electron chi connectivity index (χ3n) is 3.40. The van der Waals surface area contributed by atoms with Gasteiger partial charge in [-0.05, 0) is 33.1 Å². The molecule has 1 N–H and O–H groups in total. The second-order valence-corrected chi connectivity index (χ2v) is 6.77. The average molecular weight is 302 g/mol. The standard InChI is InChI=1S/C14H27N3S2/c1-7-12(9-18-6)17(5)14-16-11(4)13(19-14)10(3)15-8-2/h10,12,15H,7-9H2,1-6H3. The predicted molar refractivity (Wildman–Crippen MR) is 89.8 cm³/mol. The summed E-state index contributed by atoms with van der Waals surface area (Å²) in [6.07, 6.45) is 3.33. The van der Waals surface area contributed by atoms with E-state index in [2.05, 4.69) is 51.2 Å². The van der Waals surface area contributed by atoms with Gasteiger partial charge in [0.05, 0.1) is 5.69 Å². The van der Waals surface area contributed by atoms with Crippen molar-refractivity contribution in [1.82, 2.24) is 10.3 Å². The predicted octanol–water partition coefficient (Wildman–Crippen LogP) is 3.70. The summed E-state index contributed by atoms with van der Waals surface area (Å²) in [5.74, 6) is 1.16. The average Bonchev–Trinajstić information content (AvgIpc) is 2.77. The highest BCUT2D eigenvalue weighted by Crippen LogP contribution is 2.31. The minimum absolute atomic E-state index is 0.394. The molecule has 3 nitrogen and oxygen atoms in total. The fraction of sp³-hybridized carbons (Fsp3) is 0.786. The van der Waals surface area contributed by atoms with Crippen molar-refractivity contribution in [2.45, 2.75) is 46.2 Å². The number of aryl methyl sites for hydroxylation is 1. The molecule has 0 saturated heterocycles. The van der Waals surface area contributed by atoms with E-state index in [1.165, 1.54) is 10.6 Å². The van der Waals surface area contributed by atoms with Gasteiger partial charge < -0.3 is 10.2 Å². The molecule has 0 spiro atoms. The molecule has 19 heavy (non-hydrogen) atoms. The molecule has 0 aliphatic heterocycles. The summed E-state index contributed by atoms with van der Waals surface area (Å²) in [5, 5.41) is 4.62. The molecule has 0 aliphatic carbocycles. The van der Waals surface area contributed by atoms with Crippen molar-refractivity contribution in [3.05, 3.63) is 10.6 Å². The van der Waals surface area contributed by atoms with Crippen molar-refractivity contribution in [1.29, 1.82) is 0 Å². The Morgan fingerprint density at radius 2 is 2.11 bits per heavy atom. The molecule has 0 radical (unpaired) electrons. The fourth-order valence-corrected chi connectivity index (χ4v) is 4.17. The number of hydrogen-bond donors (Lipinski definition) is 1. The van der Waals surface area contributed by atoms with Crippen molar-refractivity contribution < 1.29 is 0 Å². The molecule has 1 aromatic rings. The van der Waals surface area contributed by atoms with Gasteiger partial charge in [0.2, 0.25) is 0 Å². The Morgan fingerprint density at radius 3 is 2.63 bits per heavy atom. The van der Waals surface area contributed by atoms with Gasteiger partial charge in [-0.15, -0.1) is 11.3 Å². The number of rotatable bonds is 8. The molecule has 0 aromatic carbocycles. The van der Waals surface area contributed by atoms with Crippen molar-refractivity contribution in [3.8, 4) is 0 Å². The SMILES string of the molecule is CCNC(C)c1sc(N(C)C(CC)CSC)nc1C. The van der Waals surface area contributed by atoms with Gasteiger partial charge in [-0.1, -0.05) is 13.8 Å². The first-order chi connectivity index (χ1) is 9.04. The number of hydrogen-bond acceptors (Lipinski definition) is 5. The molecule has 0 saturated carbocycles. The lowest BCUT2D eigenvalue weighted by Gasteiger charge is -2.26. The third kappa shape index (κ3) is 4.36. The van der Waals surface area contributed by atoms with Crippen molar-refractivity contribution >= 4 is 28.2 Å². The van der Waals surface area contributed by atoms with E-state index in [0.717, 1.165) is 23.8 Å². The highest BCUT2D eigenvalue weighted by atomic mass is 32.2. The minimum atomic E-state index is 0.394. The van der Waals surface area contributed by atoms with E-state index in [9.17, 15) is 0 Å². The first kappa shape index (κ1) is 16.8. The third-order valence-corrected chi connectivity index (χ3v) is 5.55. The summed E-state index contributed by atoms with van der Waals surface area (Å²) in [4.78, 5) is 8.47. The first-order valence-corrected chi connectivity index (χ1v) is 9.18. The lowest BCUT2D eigenvalue weighted by Crippen LogP contribution is -2.33. The number of aromatic nitrogens is 1. The van der Waals surface area contributed by atoms with Crippen molar-refractivity contribution in [2.75, 3.05) is 30.5 Å². The zero-order valence-electron chi connectivity index (χ0n) is 13.0. The van der Waals surface area contributed by atoms with Crippen LogP contribution in [0, 0.1) is 6.92 Å². The van der Waals surface area contributed by atoms with Gasteiger partial charge in [-0.2, -0.15) is 11.8 Å². The zero-order chi connectivity index (χ0) is 14.4. The van der Waals surface area contributed by atoms with E-state index in [4.69, 9.17) is 4.98 Å². The van der Waals surface area contributed by atoms with Crippen molar-refractivity contribution in [3.63, 3.8) is 0 Å². The number of thiazole rings is 1. The van der Waals surface area contributed by atoms with Gasteiger partial charge in [0.25, 0.3) is 0 Å². The van der Waals surface area contributed by atoms with E-state index < -0.39 is 0 Å². The van der Waals surface area contributed by atoms with Gasteiger partial charge in [-0.25, -0.2) is 4.98 Å². The first-order valence-electron chi connectivity index (χ1n) is 6.97. The van der Waals surface area contributed by atoms with Crippen LogP contribution < -0.4 is 10.2 Å². The molecule has 5 heteroatoms. The number of nitrogens with one attached hydrogen (secondary N) is 1. The fourth-order valence-electron chi connectivity index (χ4n) is 2.20. The summed E-state index contributed by atoms with van der Waals surface area (Å²) in [6, 6.07) is 0.966. The summed E-state index contributed by atoms with van der Waals surface area (Å²) in [5.41, 5.74) is 1.17. The molecule has 0 fully saturated rings. The minimum Gasteiger partial charge on any atom is -0.347 e. The summed E-state index contributed by atoms with van der Waals surface area (Å²) in [7, 11) is 2.17. The number of nitrogens with zero attached hydrogens (tertiary/aromatic N) is 2. The highest BCUT2D eigenvalue weighted by molar-refractivity contribution is 7.98. The maximum atomic E-state index is 4.76. The van der Waals surface area contributed by atoms with Crippen LogP contribution in [0.25, 0.3) is 0 Å². The van der Waals surface area contributed by atoms with Crippen LogP contribution in [0.1, 0.15) is 43.8 Å². The van der Waals surface area contributed by atoms with Gasteiger partial charge >= 0.3 is 0 Å². The second kappa shape index (κ2) is 8.12. The van der Waals surface area contributed by atoms with Crippen LogP contribution in [0.5, 0.6) is 0 Å². The van der Waals surface area contributed by atoms with Gasteiger partial charge in [0.15, 0.2) is 5.13 Å².